The van der Waals surface area contributed by atoms with Crippen LogP contribution in [-0.4, -0.2) is 62.5 Å². The molecule has 7 nitrogen and oxygen atoms in total. The van der Waals surface area contributed by atoms with Crippen molar-refractivity contribution in [1.29, 1.82) is 0 Å². The van der Waals surface area contributed by atoms with E-state index < -0.39 is 5.54 Å². The minimum absolute atomic E-state index is 0.0753. The second kappa shape index (κ2) is 4.82. The highest BCUT2D eigenvalue weighted by Gasteiger charge is 2.44. The van der Waals surface area contributed by atoms with Crippen molar-refractivity contribution < 1.29 is 9.59 Å². The molecule has 0 radical (unpaired) electrons. The Morgan fingerprint density at radius 1 is 1.29 bits per heavy atom. The van der Waals surface area contributed by atoms with Crippen LogP contribution in [0.25, 0.3) is 0 Å². The molecular formula is C14H23N5O2. The van der Waals surface area contributed by atoms with Crippen LogP contribution < -0.4 is 0 Å². The highest BCUT2D eigenvalue weighted by molar-refractivity contribution is 5.97. The minimum Gasteiger partial charge on any atom is -0.342 e. The lowest BCUT2D eigenvalue weighted by atomic mass is 9.96. The van der Waals surface area contributed by atoms with Gasteiger partial charge < -0.3 is 9.80 Å². The van der Waals surface area contributed by atoms with Gasteiger partial charge in [0.05, 0.1) is 0 Å². The van der Waals surface area contributed by atoms with E-state index in [0.717, 1.165) is 0 Å². The number of amides is 2. The topological polar surface area (TPSA) is 82.2 Å². The van der Waals surface area contributed by atoms with Gasteiger partial charge in [-0.1, -0.05) is 20.8 Å². The van der Waals surface area contributed by atoms with Crippen LogP contribution >= 0.6 is 0 Å². The van der Waals surface area contributed by atoms with E-state index in [4.69, 9.17) is 0 Å². The fraction of sp³-hybridized carbons (Fsp3) is 0.714. The molecule has 116 valence electrons. The molecule has 0 unspecified atom stereocenters. The molecule has 1 N–H and O–H groups in total. The van der Waals surface area contributed by atoms with Crippen molar-refractivity contribution in [3.05, 3.63) is 11.6 Å². The number of likely N-dealkylation sites (N-methyl/N-ethyl adjacent to an activating group) is 1. The monoisotopic (exact) mass is 293 g/mol. The number of aromatic nitrogens is 3. The van der Waals surface area contributed by atoms with E-state index in [1.807, 2.05) is 20.8 Å². The number of carbonyl (C=O) groups is 2. The molecule has 0 spiro atoms. The third-order valence-corrected chi connectivity index (χ3v) is 3.84. The average molecular weight is 293 g/mol. The average Bonchev–Trinajstić information content (AvgIpc) is 2.85. The molecule has 21 heavy (non-hydrogen) atoms. The fourth-order valence-electron chi connectivity index (χ4n) is 2.38. The van der Waals surface area contributed by atoms with Crippen LogP contribution in [0.4, 0.5) is 0 Å². The molecule has 1 aromatic rings. The summed E-state index contributed by atoms with van der Waals surface area (Å²) in [5.74, 6) is 0.386. The van der Waals surface area contributed by atoms with Crippen molar-refractivity contribution in [1.82, 2.24) is 25.0 Å². The number of H-pyrrole nitrogens is 1. The van der Waals surface area contributed by atoms with Gasteiger partial charge in [-0.25, -0.2) is 4.98 Å². The molecule has 7 heteroatoms. The molecule has 0 atom stereocenters. The van der Waals surface area contributed by atoms with Gasteiger partial charge in [0.15, 0.2) is 0 Å². The van der Waals surface area contributed by atoms with Gasteiger partial charge in [0.1, 0.15) is 11.4 Å². The third kappa shape index (κ3) is 2.64. The van der Waals surface area contributed by atoms with Gasteiger partial charge >= 0.3 is 0 Å². The zero-order valence-corrected chi connectivity index (χ0v) is 13.5. The van der Waals surface area contributed by atoms with Gasteiger partial charge in [-0.3, -0.25) is 14.7 Å². The van der Waals surface area contributed by atoms with Gasteiger partial charge in [0.2, 0.25) is 11.7 Å². The van der Waals surface area contributed by atoms with Crippen molar-refractivity contribution in [2.45, 2.75) is 45.6 Å². The maximum Gasteiger partial charge on any atom is 0.294 e. The number of aromatic amines is 1. The third-order valence-electron chi connectivity index (χ3n) is 3.84. The van der Waals surface area contributed by atoms with Crippen LogP contribution in [0.15, 0.2) is 0 Å². The molecule has 1 aromatic heterocycles. The summed E-state index contributed by atoms with van der Waals surface area (Å²) >= 11 is 0. The Bertz CT molecular complexity index is 570. The smallest absolute Gasteiger partial charge is 0.294 e. The normalized spacial score (nSPS) is 19.0. The molecule has 2 amide bonds. The van der Waals surface area contributed by atoms with E-state index >= 15 is 0 Å². The van der Waals surface area contributed by atoms with Crippen LogP contribution in [0.1, 0.15) is 51.1 Å². The predicted molar refractivity (Wildman–Crippen MR) is 77.8 cm³/mol. The molecule has 2 heterocycles. The zero-order chi connectivity index (χ0) is 16.0. The number of carbonyl (C=O) groups excluding carboxylic acids is 2. The summed E-state index contributed by atoms with van der Waals surface area (Å²) in [5.41, 5.74) is -1.09. The lowest BCUT2D eigenvalue weighted by Crippen LogP contribution is -2.63. The zero-order valence-electron chi connectivity index (χ0n) is 13.5. The molecule has 0 aliphatic carbocycles. The standard InChI is InChI=1S/C14H23N5O2/c1-13(2,3)11-15-9(16-17-11)10(20)19-8-7-18(6)12(21)14(19,4)5/h7-8H2,1-6H3,(H,15,16,17). The lowest BCUT2D eigenvalue weighted by molar-refractivity contribution is -0.144. The molecule has 1 fully saturated rings. The maximum atomic E-state index is 12.6. The number of nitrogens with one attached hydrogen (secondary N) is 1. The SMILES string of the molecule is CN1CCN(C(=O)c2n[nH]c(C(C)(C)C)n2)C(C)(C)C1=O. The first-order valence-electron chi connectivity index (χ1n) is 7.05. The summed E-state index contributed by atoms with van der Waals surface area (Å²) in [6.07, 6.45) is 0. The van der Waals surface area contributed by atoms with Gasteiger partial charge in [-0.2, -0.15) is 0 Å². The summed E-state index contributed by atoms with van der Waals surface area (Å²) in [6.45, 7) is 10.5. The van der Waals surface area contributed by atoms with E-state index in [-0.39, 0.29) is 23.1 Å². The summed E-state index contributed by atoms with van der Waals surface area (Å²) < 4.78 is 0. The van der Waals surface area contributed by atoms with Crippen LogP contribution in [0.5, 0.6) is 0 Å². The van der Waals surface area contributed by atoms with Crippen molar-refractivity contribution in [3.8, 4) is 0 Å². The number of nitrogens with zero attached hydrogens (tertiary/aromatic N) is 4. The van der Waals surface area contributed by atoms with E-state index in [1.54, 1.807) is 30.7 Å². The lowest BCUT2D eigenvalue weighted by Gasteiger charge is -2.44. The number of piperazine rings is 1. The molecule has 1 aliphatic heterocycles. The Kier molecular flexibility index (Phi) is 3.55. The van der Waals surface area contributed by atoms with Gasteiger partial charge in [-0.05, 0) is 13.8 Å². The van der Waals surface area contributed by atoms with Gasteiger partial charge in [0, 0.05) is 25.6 Å². The fourth-order valence-corrected chi connectivity index (χ4v) is 2.38. The molecular weight excluding hydrogens is 270 g/mol. The largest absolute Gasteiger partial charge is 0.342 e. The summed E-state index contributed by atoms with van der Waals surface area (Å²) in [4.78, 5) is 32.3. The van der Waals surface area contributed by atoms with Crippen LogP contribution in [0, 0.1) is 0 Å². The minimum atomic E-state index is -0.882. The van der Waals surface area contributed by atoms with Crippen molar-refractivity contribution in [3.63, 3.8) is 0 Å². The summed E-state index contributed by atoms with van der Waals surface area (Å²) in [6, 6.07) is 0. The number of rotatable bonds is 1. The highest BCUT2D eigenvalue weighted by Crippen LogP contribution is 2.24. The highest BCUT2D eigenvalue weighted by atomic mass is 16.2. The second-order valence-electron chi connectivity index (χ2n) is 7.00. The molecule has 1 saturated heterocycles. The molecule has 0 bridgehead atoms. The van der Waals surface area contributed by atoms with Gasteiger partial charge in [-0.15, -0.1) is 5.10 Å². The van der Waals surface area contributed by atoms with Crippen molar-refractivity contribution in [2.75, 3.05) is 20.1 Å². The van der Waals surface area contributed by atoms with E-state index in [2.05, 4.69) is 15.2 Å². The van der Waals surface area contributed by atoms with Crippen LogP contribution in [0.2, 0.25) is 0 Å². The van der Waals surface area contributed by atoms with E-state index in [0.29, 0.717) is 18.9 Å². The van der Waals surface area contributed by atoms with E-state index in [1.165, 1.54) is 0 Å². The van der Waals surface area contributed by atoms with Crippen molar-refractivity contribution in [2.24, 2.45) is 0 Å². The molecule has 0 saturated carbocycles. The maximum absolute atomic E-state index is 12.6. The molecule has 2 rings (SSSR count). The Labute approximate surface area is 124 Å². The Balaban J connectivity index is 2.28. The quantitative estimate of drug-likeness (QED) is 0.830. The Hall–Kier alpha value is -1.92. The first-order valence-corrected chi connectivity index (χ1v) is 7.05. The Morgan fingerprint density at radius 3 is 2.43 bits per heavy atom. The second-order valence-corrected chi connectivity index (χ2v) is 7.00. The Morgan fingerprint density at radius 2 is 1.90 bits per heavy atom. The summed E-state index contributed by atoms with van der Waals surface area (Å²) in [5, 5.41) is 6.82. The predicted octanol–water partition coefficient (Wildman–Crippen LogP) is 0.795. The first kappa shape index (κ1) is 15.5. The first-order chi connectivity index (χ1) is 9.55. The van der Waals surface area contributed by atoms with Gasteiger partial charge in [0.25, 0.3) is 5.91 Å². The molecule has 1 aliphatic rings. The van der Waals surface area contributed by atoms with E-state index in [9.17, 15) is 9.59 Å². The summed E-state index contributed by atoms with van der Waals surface area (Å²) in [7, 11) is 1.75. The molecule has 0 aromatic carbocycles. The van der Waals surface area contributed by atoms with Crippen molar-refractivity contribution >= 4 is 11.8 Å². The number of hydrogen-bond donors (Lipinski definition) is 1. The van der Waals surface area contributed by atoms with Crippen LogP contribution in [-0.2, 0) is 10.2 Å². The van der Waals surface area contributed by atoms with Crippen LogP contribution in [0.3, 0.4) is 0 Å². The number of hydrogen-bond acceptors (Lipinski definition) is 4.